The molecule has 1 saturated heterocycles. The van der Waals surface area contributed by atoms with Crippen LogP contribution in [-0.4, -0.2) is 44.2 Å². The number of anilines is 1. The van der Waals surface area contributed by atoms with E-state index in [2.05, 4.69) is 53.8 Å². The van der Waals surface area contributed by atoms with Gasteiger partial charge in [0.05, 0.1) is 18.8 Å². The molecule has 0 aliphatic carbocycles. The van der Waals surface area contributed by atoms with Gasteiger partial charge in [0.15, 0.2) is 11.1 Å². The van der Waals surface area contributed by atoms with Gasteiger partial charge >= 0.3 is 0 Å². The van der Waals surface area contributed by atoms with E-state index in [1.54, 1.807) is 18.4 Å². The van der Waals surface area contributed by atoms with E-state index < -0.39 is 0 Å². The number of aliphatic imine (C=N–C) groups is 1. The van der Waals surface area contributed by atoms with E-state index in [1.807, 2.05) is 6.07 Å². The van der Waals surface area contributed by atoms with Crippen LogP contribution in [0.3, 0.4) is 0 Å². The van der Waals surface area contributed by atoms with Crippen LogP contribution in [0.4, 0.5) is 5.13 Å². The highest BCUT2D eigenvalue weighted by Crippen LogP contribution is 2.26. The van der Waals surface area contributed by atoms with Crippen LogP contribution in [0, 0.1) is 6.92 Å². The zero-order valence-corrected chi connectivity index (χ0v) is 21.5. The molecule has 1 atom stereocenters. The molecule has 1 aliphatic heterocycles. The summed E-state index contributed by atoms with van der Waals surface area (Å²) in [5, 5.41) is 10.2. The molecule has 0 saturated carbocycles. The number of hydrogen-bond acceptors (Lipinski definition) is 5. The van der Waals surface area contributed by atoms with E-state index in [4.69, 9.17) is 14.7 Å². The predicted molar refractivity (Wildman–Crippen MR) is 138 cm³/mol. The summed E-state index contributed by atoms with van der Waals surface area (Å²) >= 11 is 1.75. The predicted octanol–water partition coefficient (Wildman–Crippen LogP) is 4.54. The van der Waals surface area contributed by atoms with E-state index in [1.165, 1.54) is 18.4 Å². The van der Waals surface area contributed by atoms with Gasteiger partial charge in [-0.25, -0.2) is 4.98 Å². The number of aryl methyl sites for hydroxylation is 1. The van der Waals surface area contributed by atoms with Gasteiger partial charge in [0.2, 0.25) is 0 Å². The maximum absolute atomic E-state index is 5.54. The Kier molecular flexibility index (Phi) is 10.2. The monoisotopic (exact) mass is 543 g/mol. The van der Waals surface area contributed by atoms with Crippen molar-refractivity contribution in [2.75, 3.05) is 38.2 Å². The second kappa shape index (κ2) is 12.3. The second-order valence-corrected chi connectivity index (χ2v) is 8.27. The number of aromatic nitrogens is 1. The Morgan fingerprint density at radius 1 is 1.33 bits per heavy atom. The zero-order chi connectivity index (χ0) is 20.6. The molecule has 8 heteroatoms. The van der Waals surface area contributed by atoms with Crippen molar-refractivity contribution in [3.05, 3.63) is 40.4 Å². The average Bonchev–Trinajstić information content (AvgIpc) is 3.40. The van der Waals surface area contributed by atoms with Crippen molar-refractivity contribution in [1.82, 2.24) is 15.6 Å². The van der Waals surface area contributed by atoms with E-state index >= 15 is 0 Å². The van der Waals surface area contributed by atoms with Gasteiger partial charge in [-0.3, -0.25) is 4.99 Å². The van der Waals surface area contributed by atoms with Gasteiger partial charge in [0.1, 0.15) is 5.75 Å². The first kappa shape index (κ1) is 24.7. The van der Waals surface area contributed by atoms with Crippen LogP contribution in [0.2, 0.25) is 0 Å². The van der Waals surface area contributed by atoms with Crippen molar-refractivity contribution in [2.45, 2.75) is 46.1 Å². The average molecular weight is 544 g/mol. The quantitative estimate of drug-likeness (QED) is 0.291. The van der Waals surface area contributed by atoms with Crippen LogP contribution in [0.1, 0.15) is 49.6 Å². The molecule has 0 radical (unpaired) electrons. The van der Waals surface area contributed by atoms with Crippen molar-refractivity contribution in [3.8, 4) is 5.75 Å². The fraction of sp³-hybridized carbons (Fsp3) is 0.545. The summed E-state index contributed by atoms with van der Waals surface area (Å²) in [6.07, 6.45) is 3.41. The molecule has 0 spiro atoms. The third-order valence-corrected chi connectivity index (χ3v) is 6.05. The molecule has 1 aromatic carbocycles. The van der Waals surface area contributed by atoms with E-state index in [9.17, 15) is 0 Å². The summed E-state index contributed by atoms with van der Waals surface area (Å²) in [5.41, 5.74) is 3.48. The molecule has 166 valence electrons. The maximum atomic E-state index is 5.54. The molecule has 1 aliphatic rings. The van der Waals surface area contributed by atoms with Crippen molar-refractivity contribution in [1.29, 1.82) is 0 Å². The molecule has 0 amide bonds. The first-order valence-electron chi connectivity index (χ1n) is 10.5. The topological polar surface area (TPSA) is 61.8 Å². The van der Waals surface area contributed by atoms with Gasteiger partial charge in [0, 0.05) is 43.5 Å². The normalized spacial score (nSPS) is 14.9. The highest BCUT2D eigenvalue weighted by atomic mass is 127. The molecule has 2 aromatic rings. The molecule has 1 aromatic heterocycles. The number of thiazole rings is 1. The Hall–Kier alpha value is -1.55. The van der Waals surface area contributed by atoms with Gasteiger partial charge in [-0.05, 0) is 39.7 Å². The standard InChI is InChI=1S/C22H33N5OS.HI/c1-5-23-21(25-17(3)19-14-16(2)8-9-20(19)28-4)24-11-10-18-15-29-22(26-18)27-12-6-7-13-27;/h8-9,14-15,17H,5-7,10-13H2,1-4H3,(H2,23,24,25);1H. The number of methoxy groups -OCH3 is 1. The van der Waals surface area contributed by atoms with Gasteiger partial charge < -0.3 is 20.3 Å². The summed E-state index contributed by atoms with van der Waals surface area (Å²) in [6, 6.07) is 6.34. The molecule has 30 heavy (non-hydrogen) atoms. The molecule has 2 heterocycles. The zero-order valence-electron chi connectivity index (χ0n) is 18.4. The highest BCUT2D eigenvalue weighted by molar-refractivity contribution is 14.0. The molecule has 2 N–H and O–H groups in total. The SMILES string of the molecule is CCNC(=NCCc1csc(N2CCCC2)n1)NC(C)c1cc(C)ccc1OC.I. The third-order valence-electron chi connectivity index (χ3n) is 5.10. The van der Waals surface area contributed by atoms with Crippen LogP contribution >= 0.6 is 35.3 Å². The largest absolute Gasteiger partial charge is 0.496 e. The summed E-state index contributed by atoms with van der Waals surface area (Å²) in [4.78, 5) is 11.9. The van der Waals surface area contributed by atoms with Crippen LogP contribution in [0.5, 0.6) is 5.75 Å². The Bertz CT molecular complexity index is 820. The summed E-state index contributed by atoms with van der Waals surface area (Å²) in [5.74, 6) is 1.71. The van der Waals surface area contributed by atoms with Crippen LogP contribution in [-0.2, 0) is 6.42 Å². The molecule has 0 bridgehead atoms. The smallest absolute Gasteiger partial charge is 0.191 e. The highest BCUT2D eigenvalue weighted by Gasteiger charge is 2.16. The Morgan fingerprint density at radius 2 is 2.10 bits per heavy atom. The number of nitrogens with one attached hydrogen (secondary N) is 2. The molecular formula is C22H34IN5OS. The van der Waals surface area contributed by atoms with Crippen molar-refractivity contribution >= 4 is 46.4 Å². The first-order valence-corrected chi connectivity index (χ1v) is 11.4. The lowest BCUT2D eigenvalue weighted by atomic mass is 10.0. The number of rotatable bonds is 8. The lowest BCUT2D eigenvalue weighted by molar-refractivity contribution is 0.405. The number of benzene rings is 1. The summed E-state index contributed by atoms with van der Waals surface area (Å²) < 4.78 is 5.54. The van der Waals surface area contributed by atoms with E-state index in [-0.39, 0.29) is 30.0 Å². The first-order chi connectivity index (χ1) is 14.1. The lowest BCUT2D eigenvalue weighted by Gasteiger charge is -2.20. The maximum Gasteiger partial charge on any atom is 0.191 e. The van der Waals surface area contributed by atoms with Crippen LogP contribution in [0.25, 0.3) is 0 Å². The summed E-state index contributed by atoms with van der Waals surface area (Å²) in [7, 11) is 1.71. The fourth-order valence-electron chi connectivity index (χ4n) is 3.54. The molecule has 6 nitrogen and oxygen atoms in total. The summed E-state index contributed by atoms with van der Waals surface area (Å²) in [6.45, 7) is 10.1. The van der Waals surface area contributed by atoms with Crippen molar-refractivity contribution < 1.29 is 4.74 Å². The minimum Gasteiger partial charge on any atom is -0.496 e. The number of ether oxygens (including phenoxy) is 1. The van der Waals surface area contributed by atoms with Gasteiger partial charge in [-0.1, -0.05) is 17.7 Å². The molecule has 1 unspecified atom stereocenters. The Balaban J connectivity index is 0.00000320. The Morgan fingerprint density at radius 3 is 2.80 bits per heavy atom. The Labute approximate surface area is 201 Å². The number of halogens is 1. The van der Waals surface area contributed by atoms with Crippen molar-refractivity contribution in [2.24, 2.45) is 4.99 Å². The van der Waals surface area contributed by atoms with E-state index in [0.717, 1.165) is 54.2 Å². The number of guanidine groups is 1. The van der Waals surface area contributed by atoms with Gasteiger partial charge in [-0.2, -0.15) is 0 Å². The lowest BCUT2D eigenvalue weighted by Crippen LogP contribution is -2.39. The molecule has 3 rings (SSSR count). The number of nitrogens with zero attached hydrogens (tertiary/aromatic N) is 3. The van der Waals surface area contributed by atoms with Gasteiger partial charge in [0.25, 0.3) is 0 Å². The van der Waals surface area contributed by atoms with Crippen LogP contribution < -0.4 is 20.3 Å². The number of hydrogen-bond donors (Lipinski definition) is 2. The van der Waals surface area contributed by atoms with Crippen LogP contribution in [0.15, 0.2) is 28.6 Å². The minimum atomic E-state index is 0. The second-order valence-electron chi connectivity index (χ2n) is 7.44. The minimum absolute atomic E-state index is 0. The molecular weight excluding hydrogens is 509 g/mol. The van der Waals surface area contributed by atoms with Gasteiger partial charge in [-0.15, -0.1) is 35.3 Å². The fourth-order valence-corrected chi connectivity index (χ4v) is 4.46. The molecule has 1 fully saturated rings. The van der Waals surface area contributed by atoms with Crippen molar-refractivity contribution in [3.63, 3.8) is 0 Å². The van der Waals surface area contributed by atoms with E-state index in [0.29, 0.717) is 6.54 Å². The third kappa shape index (κ3) is 6.73.